The average Bonchev–Trinajstić information content (AvgIpc) is 2.69. The third-order valence-corrected chi connectivity index (χ3v) is 3.91. The molecule has 2 aromatic carbocycles. The number of hydrogen-bond acceptors (Lipinski definition) is 6. The van der Waals surface area contributed by atoms with Crippen LogP contribution in [0.3, 0.4) is 0 Å². The first-order chi connectivity index (χ1) is 13.9. The van der Waals surface area contributed by atoms with Gasteiger partial charge in [0.15, 0.2) is 6.54 Å². The Labute approximate surface area is 167 Å². The molecule has 0 fully saturated rings. The van der Waals surface area contributed by atoms with Crippen LogP contribution in [0.2, 0.25) is 0 Å². The fourth-order valence-electron chi connectivity index (χ4n) is 2.50. The van der Waals surface area contributed by atoms with Crippen LogP contribution in [0.1, 0.15) is 35.7 Å². The van der Waals surface area contributed by atoms with Crippen molar-refractivity contribution in [3.05, 3.63) is 69.8 Å². The summed E-state index contributed by atoms with van der Waals surface area (Å²) < 4.78 is 5.77. The van der Waals surface area contributed by atoms with Crippen molar-refractivity contribution >= 4 is 29.5 Å². The molecule has 0 aliphatic heterocycles. The Kier molecular flexibility index (Phi) is 7.84. The number of hydrogen-bond donors (Lipinski definition) is 2. The molecule has 0 saturated heterocycles. The van der Waals surface area contributed by atoms with E-state index in [4.69, 9.17) is 4.74 Å². The zero-order valence-corrected chi connectivity index (χ0v) is 15.9. The highest BCUT2D eigenvalue weighted by Crippen LogP contribution is 2.16. The molecule has 2 N–H and O–H groups in total. The quantitative estimate of drug-likeness (QED) is 0.167. The number of amides is 1. The number of nitro benzene ring substituents is 1. The lowest BCUT2D eigenvalue weighted by Crippen LogP contribution is -2.16. The summed E-state index contributed by atoms with van der Waals surface area (Å²) in [5, 5.41) is 23.5. The molecule has 9 heteroatoms. The van der Waals surface area contributed by atoms with Crippen molar-refractivity contribution in [3.8, 4) is 0 Å². The Morgan fingerprint density at radius 3 is 2.52 bits per heavy atom. The largest absolute Gasteiger partial charge is 0.466 e. The molecular formula is C20H22N3O6+. The molecule has 0 saturated carbocycles. The molecule has 0 bridgehead atoms. The van der Waals surface area contributed by atoms with Crippen molar-refractivity contribution in [1.82, 2.24) is 0 Å². The second-order valence-corrected chi connectivity index (χ2v) is 6.05. The lowest BCUT2D eigenvalue weighted by Gasteiger charge is -2.07. The van der Waals surface area contributed by atoms with E-state index in [-0.39, 0.29) is 30.2 Å². The van der Waals surface area contributed by atoms with E-state index in [1.54, 1.807) is 31.2 Å². The maximum Gasteiger partial charge on any atom is 0.306 e. The van der Waals surface area contributed by atoms with Crippen LogP contribution in [0.25, 0.3) is 0 Å². The summed E-state index contributed by atoms with van der Waals surface area (Å²) in [6, 6.07) is 12.1. The lowest BCUT2D eigenvalue weighted by molar-refractivity contribution is -0.771. The van der Waals surface area contributed by atoms with E-state index in [2.05, 4.69) is 5.32 Å². The number of rotatable bonds is 9. The van der Waals surface area contributed by atoms with Gasteiger partial charge in [0.1, 0.15) is 0 Å². The molecule has 0 spiro atoms. The van der Waals surface area contributed by atoms with Crippen LogP contribution in [-0.4, -0.2) is 46.1 Å². The minimum absolute atomic E-state index is 0.103. The van der Waals surface area contributed by atoms with Crippen LogP contribution < -0.4 is 5.32 Å². The summed E-state index contributed by atoms with van der Waals surface area (Å²) in [6.07, 6.45) is 2.04. The van der Waals surface area contributed by atoms with Gasteiger partial charge in [0.25, 0.3) is 11.6 Å². The number of nitro groups is 1. The fourth-order valence-corrected chi connectivity index (χ4v) is 2.50. The van der Waals surface area contributed by atoms with Crippen molar-refractivity contribution in [1.29, 1.82) is 0 Å². The van der Waals surface area contributed by atoms with E-state index >= 15 is 0 Å². The molecule has 0 radical (unpaired) electrons. The van der Waals surface area contributed by atoms with Gasteiger partial charge in [-0.15, -0.1) is 0 Å². The standard InChI is InChI=1S/C20H21N3O6/c1-2-29-19(24)8-5-13-22(26)14-16-6-3-4-7-18(16)21-20(25)15-9-11-17(12-10-15)23(27)28/h3-4,6-7,9-12,14,26H,2,5,8,13H2,1H3/p+1. The van der Waals surface area contributed by atoms with Crippen LogP contribution in [0, 0.1) is 10.1 Å². The number of hydroxylamine groups is 1. The molecule has 0 aliphatic rings. The van der Waals surface area contributed by atoms with Crippen LogP contribution in [-0.2, 0) is 9.53 Å². The highest BCUT2D eigenvalue weighted by atomic mass is 16.6. The summed E-state index contributed by atoms with van der Waals surface area (Å²) in [6.45, 7) is 2.25. The summed E-state index contributed by atoms with van der Waals surface area (Å²) in [4.78, 5) is 33.9. The van der Waals surface area contributed by atoms with Crippen molar-refractivity contribution in [2.45, 2.75) is 19.8 Å². The number of anilines is 1. The van der Waals surface area contributed by atoms with Gasteiger partial charge in [0, 0.05) is 24.1 Å². The number of carbonyl (C=O) groups is 2. The van der Waals surface area contributed by atoms with E-state index in [0.717, 1.165) is 4.74 Å². The number of nitrogens with one attached hydrogen (secondary N) is 1. The highest BCUT2D eigenvalue weighted by molar-refractivity contribution is 6.06. The number of esters is 1. The van der Waals surface area contributed by atoms with Crippen LogP contribution in [0.5, 0.6) is 0 Å². The number of nitrogens with zero attached hydrogens (tertiary/aromatic N) is 2. The smallest absolute Gasteiger partial charge is 0.306 e. The fraction of sp³-hybridized carbons (Fsp3) is 0.250. The normalized spacial score (nSPS) is 11.0. The van der Waals surface area contributed by atoms with Crippen molar-refractivity contribution in [3.63, 3.8) is 0 Å². The van der Waals surface area contributed by atoms with Gasteiger partial charge in [-0.05, 0) is 35.9 Å². The molecule has 0 heterocycles. The van der Waals surface area contributed by atoms with Gasteiger partial charge < -0.3 is 10.1 Å². The maximum atomic E-state index is 12.4. The van der Waals surface area contributed by atoms with E-state index in [9.17, 15) is 24.9 Å². The van der Waals surface area contributed by atoms with Gasteiger partial charge in [-0.3, -0.25) is 24.9 Å². The second kappa shape index (κ2) is 10.5. The summed E-state index contributed by atoms with van der Waals surface area (Å²) in [5.74, 6) is -0.760. The van der Waals surface area contributed by atoms with Gasteiger partial charge in [-0.25, -0.2) is 0 Å². The zero-order valence-electron chi connectivity index (χ0n) is 15.9. The second-order valence-electron chi connectivity index (χ2n) is 6.05. The predicted octanol–water partition coefficient (Wildman–Crippen LogP) is 3.01. The molecule has 0 unspecified atom stereocenters. The van der Waals surface area contributed by atoms with E-state index in [1.807, 2.05) is 0 Å². The summed E-state index contributed by atoms with van der Waals surface area (Å²) >= 11 is 0. The van der Waals surface area contributed by atoms with Crippen LogP contribution in [0.15, 0.2) is 48.5 Å². The Morgan fingerprint density at radius 2 is 1.86 bits per heavy atom. The van der Waals surface area contributed by atoms with Gasteiger partial charge in [0.2, 0.25) is 6.21 Å². The third-order valence-electron chi connectivity index (χ3n) is 3.91. The molecule has 0 aliphatic carbocycles. The van der Waals surface area contributed by atoms with Crippen molar-refractivity contribution < 1.29 is 29.2 Å². The number of benzene rings is 2. The molecule has 152 valence electrons. The first-order valence-electron chi connectivity index (χ1n) is 9.01. The maximum absolute atomic E-state index is 12.4. The Bertz CT molecular complexity index is 909. The molecule has 2 aromatic rings. The Hall–Kier alpha value is -3.75. The van der Waals surface area contributed by atoms with Gasteiger partial charge in [-0.2, -0.15) is 0 Å². The number of ether oxygens (including phenoxy) is 1. The number of carbonyl (C=O) groups excluding carboxylic acids is 2. The van der Waals surface area contributed by atoms with Crippen LogP contribution >= 0.6 is 0 Å². The van der Waals surface area contributed by atoms with Crippen molar-refractivity contribution in [2.24, 2.45) is 0 Å². The summed E-state index contributed by atoms with van der Waals surface area (Å²) in [5.41, 5.74) is 1.18. The topological polar surface area (TPSA) is 122 Å². The molecule has 2 rings (SSSR count). The molecule has 0 atom stereocenters. The molecule has 0 aromatic heterocycles. The Morgan fingerprint density at radius 1 is 1.17 bits per heavy atom. The average molecular weight is 400 g/mol. The molecule has 29 heavy (non-hydrogen) atoms. The van der Waals surface area contributed by atoms with Crippen molar-refractivity contribution in [2.75, 3.05) is 18.5 Å². The SMILES string of the molecule is CCOC(=O)CCC[N+](O)=Cc1ccccc1NC(=O)c1ccc([N+](=O)[O-])cc1. The highest BCUT2D eigenvalue weighted by Gasteiger charge is 2.13. The van der Waals surface area contributed by atoms with Gasteiger partial charge in [0.05, 0.1) is 29.2 Å². The van der Waals surface area contributed by atoms with E-state index < -0.39 is 10.8 Å². The summed E-state index contributed by atoms with van der Waals surface area (Å²) in [7, 11) is 0. The first kappa shape index (κ1) is 21.5. The minimum atomic E-state index is -0.538. The minimum Gasteiger partial charge on any atom is -0.466 e. The zero-order chi connectivity index (χ0) is 21.2. The van der Waals surface area contributed by atoms with E-state index in [0.29, 0.717) is 24.3 Å². The molecule has 9 nitrogen and oxygen atoms in total. The lowest BCUT2D eigenvalue weighted by atomic mass is 10.1. The molecule has 1 amide bonds. The first-order valence-corrected chi connectivity index (χ1v) is 9.01. The predicted molar refractivity (Wildman–Crippen MR) is 105 cm³/mol. The van der Waals surface area contributed by atoms with Gasteiger partial charge >= 0.3 is 5.97 Å². The van der Waals surface area contributed by atoms with Crippen LogP contribution in [0.4, 0.5) is 11.4 Å². The number of para-hydroxylation sites is 1. The monoisotopic (exact) mass is 400 g/mol. The van der Waals surface area contributed by atoms with Gasteiger partial charge in [-0.1, -0.05) is 12.1 Å². The van der Waals surface area contributed by atoms with E-state index in [1.165, 1.54) is 30.5 Å². The number of non-ortho nitro benzene ring substituents is 1. The molecular weight excluding hydrogens is 378 g/mol. The third kappa shape index (κ3) is 6.73. The Balaban J connectivity index is 2.04.